The zero-order valence-electron chi connectivity index (χ0n) is 15.3. The Kier molecular flexibility index (Phi) is 8.78. The van der Waals surface area contributed by atoms with E-state index in [1.165, 1.54) is 36.9 Å². The number of rotatable bonds is 11. The maximum atomic E-state index is 9.15. The second kappa shape index (κ2) is 11.4. The van der Waals surface area contributed by atoms with Crippen LogP contribution in [-0.4, -0.2) is 29.8 Å². The summed E-state index contributed by atoms with van der Waals surface area (Å²) in [5.74, 6) is 0. The van der Waals surface area contributed by atoms with Crippen LogP contribution >= 0.6 is 0 Å². The highest BCUT2D eigenvalue weighted by Crippen LogP contribution is 2.18. The van der Waals surface area contributed by atoms with Crippen molar-refractivity contribution in [1.29, 1.82) is 0 Å². The van der Waals surface area contributed by atoms with Gasteiger partial charge in [-0.05, 0) is 48.2 Å². The predicted molar refractivity (Wildman–Crippen MR) is 108 cm³/mol. The molecule has 1 heterocycles. The third-order valence-electron chi connectivity index (χ3n) is 4.30. The Balaban J connectivity index is 1.97. The predicted octanol–water partition coefficient (Wildman–Crippen LogP) is 5.02. The summed E-state index contributed by atoms with van der Waals surface area (Å²) in [5.41, 5.74) is 3.58. The van der Waals surface area contributed by atoms with Crippen molar-refractivity contribution in [1.82, 2.24) is 4.98 Å². The average Bonchev–Trinajstić information content (AvgIpc) is 2.67. The Morgan fingerprint density at radius 3 is 2.12 bits per heavy atom. The van der Waals surface area contributed by atoms with Crippen LogP contribution in [0.1, 0.15) is 50.2 Å². The molecule has 25 heavy (non-hydrogen) atoms. The highest BCUT2D eigenvalue weighted by Gasteiger charge is 2.05. The summed E-state index contributed by atoms with van der Waals surface area (Å²) in [4.78, 5) is 6.43. The number of hydrogen-bond acceptors (Lipinski definition) is 3. The molecule has 0 unspecified atom stereocenters. The summed E-state index contributed by atoms with van der Waals surface area (Å²) in [5, 5.41) is 9.15. The van der Waals surface area contributed by atoms with Gasteiger partial charge in [0.15, 0.2) is 0 Å². The van der Waals surface area contributed by atoms with E-state index in [4.69, 9.17) is 5.11 Å². The first-order valence-electron chi connectivity index (χ1n) is 9.37. The van der Waals surface area contributed by atoms with E-state index >= 15 is 0 Å². The van der Waals surface area contributed by atoms with Gasteiger partial charge < -0.3 is 10.0 Å². The van der Waals surface area contributed by atoms with Crippen LogP contribution in [0.15, 0.2) is 48.8 Å². The van der Waals surface area contributed by atoms with Crippen LogP contribution in [0, 0.1) is 0 Å². The van der Waals surface area contributed by atoms with Crippen LogP contribution < -0.4 is 4.90 Å². The van der Waals surface area contributed by atoms with Crippen molar-refractivity contribution in [2.45, 2.75) is 39.0 Å². The van der Waals surface area contributed by atoms with Crippen LogP contribution in [0.5, 0.6) is 0 Å². The van der Waals surface area contributed by atoms with Crippen LogP contribution in [0.2, 0.25) is 0 Å². The molecule has 1 aromatic heterocycles. The van der Waals surface area contributed by atoms with Gasteiger partial charge in [0.05, 0.1) is 0 Å². The van der Waals surface area contributed by atoms with E-state index in [0.29, 0.717) is 0 Å². The summed E-state index contributed by atoms with van der Waals surface area (Å²) in [6.07, 6.45) is 13.7. The summed E-state index contributed by atoms with van der Waals surface area (Å²) in [6.45, 7) is 4.46. The average molecular weight is 338 g/mol. The molecule has 0 aliphatic rings. The molecule has 0 atom stereocenters. The van der Waals surface area contributed by atoms with Gasteiger partial charge in [-0.15, -0.1) is 0 Å². The molecular weight excluding hydrogens is 308 g/mol. The second-order valence-electron chi connectivity index (χ2n) is 6.33. The van der Waals surface area contributed by atoms with E-state index in [1.807, 2.05) is 12.1 Å². The number of nitrogens with zero attached hydrogens (tertiary/aromatic N) is 2. The largest absolute Gasteiger partial charge is 0.396 e. The molecule has 3 nitrogen and oxygen atoms in total. The lowest BCUT2D eigenvalue weighted by atomic mass is 10.1. The molecule has 2 rings (SSSR count). The molecular formula is C22H30N2O. The molecule has 0 radical (unpaired) electrons. The monoisotopic (exact) mass is 338 g/mol. The number of pyridine rings is 1. The van der Waals surface area contributed by atoms with E-state index in [2.05, 4.69) is 53.2 Å². The van der Waals surface area contributed by atoms with Gasteiger partial charge in [0.25, 0.3) is 0 Å². The zero-order chi connectivity index (χ0) is 17.7. The molecule has 134 valence electrons. The van der Waals surface area contributed by atoms with Gasteiger partial charge in [-0.3, -0.25) is 4.98 Å². The van der Waals surface area contributed by atoms with E-state index in [0.717, 1.165) is 25.1 Å². The summed E-state index contributed by atoms with van der Waals surface area (Å²) in [7, 11) is 0. The molecule has 0 aliphatic heterocycles. The topological polar surface area (TPSA) is 36.4 Å². The lowest BCUT2D eigenvalue weighted by molar-refractivity contribution is 0.289. The fourth-order valence-electron chi connectivity index (χ4n) is 2.82. The molecule has 2 aromatic rings. The highest BCUT2D eigenvalue weighted by molar-refractivity contribution is 5.70. The van der Waals surface area contributed by atoms with Crippen LogP contribution in [0.25, 0.3) is 12.2 Å². The zero-order valence-corrected chi connectivity index (χ0v) is 15.3. The molecule has 0 bridgehead atoms. The minimum Gasteiger partial charge on any atom is -0.396 e. The molecule has 1 aromatic carbocycles. The van der Waals surface area contributed by atoms with Gasteiger partial charge in [0.1, 0.15) is 0 Å². The SMILES string of the molecule is CCCCCCN(CCCO)c1ccc(C=Cc2ccncc2)cc1. The van der Waals surface area contributed by atoms with Crippen molar-refractivity contribution >= 4 is 17.8 Å². The van der Waals surface area contributed by atoms with Gasteiger partial charge in [-0.1, -0.05) is 50.5 Å². The number of aromatic nitrogens is 1. The minimum absolute atomic E-state index is 0.248. The lowest BCUT2D eigenvalue weighted by Gasteiger charge is -2.25. The molecule has 1 N–H and O–H groups in total. The Morgan fingerprint density at radius 2 is 1.48 bits per heavy atom. The number of unbranched alkanes of at least 4 members (excludes halogenated alkanes) is 3. The van der Waals surface area contributed by atoms with Crippen LogP contribution in [0.4, 0.5) is 5.69 Å². The minimum atomic E-state index is 0.248. The third-order valence-corrected chi connectivity index (χ3v) is 4.30. The summed E-state index contributed by atoms with van der Waals surface area (Å²) < 4.78 is 0. The number of anilines is 1. The van der Waals surface area contributed by atoms with Crippen molar-refractivity contribution in [2.75, 3.05) is 24.6 Å². The Hall–Kier alpha value is -2.13. The fourth-order valence-corrected chi connectivity index (χ4v) is 2.82. The summed E-state index contributed by atoms with van der Waals surface area (Å²) in [6, 6.07) is 12.7. The molecule has 0 fully saturated rings. The fraction of sp³-hybridized carbons (Fsp3) is 0.409. The maximum Gasteiger partial charge on any atom is 0.0447 e. The van der Waals surface area contributed by atoms with E-state index in [-0.39, 0.29) is 6.61 Å². The Bertz CT molecular complexity index is 608. The first-order chi connectivity index (χ1) is 12.3. The third kappa shape index (κ3) is 7.10. The van der Waals surface area contributed by atoms with Gasteiger partial charge >= 0.3 is 0 Å². The highest BCUT2D eigenvalue weighted by atomic mass is 16.3. The van der Waals surface area contributed by atoms with Gasteiger partial charge in [-0.2, -0.15) is 0 Å². The van der Waals surface area contributed by atoms with Crippen LogP contribution in [-0.2, 0) is 0 Å². The molecule has 0 saturated heterocycles. The van der Waals surface area contributed by atoms with Crippen molar-refractivity contribution in [3.63, 3.8) is 0 Å². The standard InChI is InChI=1S/C22H30N2O/c1-2-3-4-5-17-24(18-6-19-25)22-11-9-20(10-12-22)7-8-21-13-15-23-16-14-21/h7-16,25H,2-6,17-19H2,1H3. The molecule has 0 amide bonds. The molecule has 0 spiro atoms. The lowest BCUT2D eigenvalue weighted by Crippen LogP contribution is -2.26. The van der Waals surface area contributed by atoms with Crippen molar-refractivity contribution in [2.24, 2.45) is 0 Å². The normalized spacial score (nSPS) is 11.1. The van der Waals surface area contributed by atoms with Gasteiger partial charge in [-0.25, -0.2) is 0 Å². The first-order valence-corrected chi connectivity index (χ1v) is 9.37. The summed E-state index contributed by atoms with van der Waals surface area (Å²) >= 11 is 0. The van der Waals surface area contributed by atoms with E-state index < -0.39 is 0 Å². The van der Waals surface area contributed by atoms with E-state index in [1.54, 1.807) is 12.4 Å². The number of hydrogen-bond donors (Lipinski definition) is 1. The van der Waals surface area contributed by atoms with Crippen LogP contribution in [0.3, 0.4) is 0 Å². The number of aliphatic hydroxyl groups excluding tert-OH is 1. The maximum absolute atomic E-state index is 9.15. The Labute approximate surface area is 152 Å². The van der Waals surface area contributed by atoms with Gasteiger partial charge in [0, 0.05) is 37.8 Å². The number of benzene rings is 1. The molecule has 3 heteroatoms. The number of aliphatic hydroxyl groups is 1. The van der Waals surface area contributed by atoms with E-state index in [9.17, 15) is 0 Å². The van der Waals surface area contributed by atoms with Crippen molar-refractivity contribution < 1.29 is 5.11 Å². The Morgan fingerprint density at radius 1 is 0.840 bits per heavy atom. The van der Waals surface area contributed by atoms with Crippen molar-refractivity contribution in [3.8, 4) is 0 Å². The quantitative estimate of drug-likeness (QED) is 0.584. The second-order valence-corrected chi connectivity index (χ2v) is 6.33. The molecule has 0 aliphatic carbocycles. The first kappa shape index (κ1) is 19.2. The smallest absolute Gasteiger partial charge is 0.0447 e. The molecule has 0 saturated carbocycles. The van der Waals surface area contributed by atoms with Crippen molar-refractivity contribution in [3.05, 3.63) is 59.9 Å². The van der Waals surface area contributed by atoms with Gasteiger partial charge in [0.2, 0.25) is 0 Å².